The van der Waals surface area contributed by atoms with Gasteiger partial charge in [-0.25, -0.2) is 14.1 Å². The maximum Gasteiger partial charge on any atom is 0.431 e. The minimum Gasteiger partial charge on any atom is -0.296 e. The highest BCUT2D eigenvalue weighted by Crippen LogP contribution is 2.23. The zero-order chi connectivity index (χ0) is 16.6. The first kappa shape index (κ1) is 15.1. The average Bonchev–Trinajstić information content (AvgIpc) is 2.98. The van der Waals surface area contributed by atoms with Crippen molar-refractivity contribution in [3.05, 3.63) is 46.2 Å². The number of nitrogens with zero attached hydrogens (tertiary/aromatic N) is 2. The zero-order valence-corrected chi connectivity index (χ0v) is 12.2. The second-order valence-electron chi connectivity index (χ2n) is 5.17. The summed E-state index contributed by atoms with van der Waals surface area (Å²) in [5.74, 6) is -1.28. The van der Waals surface area contributed by atoms with Crippen molar-refractivity contribution < 1.29 is 23.2 Å². The van der Waals surface area contributed by atoms with Crippen molar-refractivity contribution in [3.8, 4) is 0 Å². The second kappa shape index (κ2) is 5.76. The van der Waals surface area contributed by atoms with Gasteiger partial charge in [-0.15, -0.1) is 0 Å². The predicted molar refractivity (Wildman–Crippen MR) is 74.6 cm³/mol. The molecular weight excluding hydrogens is 307 g/mol. The summed E-state index contributed by atoms with van der Waals surface area (Å²) in [5.41, 5.74) is 0.0649. The van der Waals surface area contributed by atoms with Gasteiger partial charge < -0.3 is 0 Å². The number of halogens is 1. The first-order valence-electron chi connectivity index (χ1n) is 6.89. The van der Waals surface area contributed by atoms with Gasteiger partial charge in [0.15, 0.2) is 7.05 Å². The highest BCUT2D eigenvalue weighted by Gasteiger charge is 2.39. The third-order valence-corrected chi connectivity index (χ3v) is 3.66. The first-order chi connectivity index (χ1) is 11.0. The number of aromatic nitrogens is 2. The Morgan fingerprint density at radius 1 is 1.35 bits per heavy atom. The summed E-state index contributed by atoms with van der Waals surface area (Å²) in [4.78, 5) is 36.9. The van der Waals surface area contributed by atoms with Gasteiger partial charge in [0, 0.05) is 0 Å². The fourth-order valence-corrected chi connectivity index (χ4v) is 2.42. The number of amides is 2. The number of hydrogen-bond acceptors (Lipinski definition) is 5. The molecule has 1 atom stereocenters. The van der Waals surface area contributed by atoms with Crippen LogP contribution in [0.4, 0.5) is 10.1 Å². The van der Waals surface area contributed by atoms with E-state index in [0.717, 1.165) is 4.90 Å². The maximum atomic E-state index is 13.0. The van der Waals surface area contributed by atoms with Gasteiger partial charge in [0.25, 0.3) is 5.91 Å². The molecule has 2 aromatic rings. The lowest BCUT2D eigenvalue weighted by Crippen LogP contribution is -2.43. The molecule has 1 aromatic carbocycles. The van der Waals surface area contributed by atoms with Gasteiger partial charge >= 0.3 is 11.3 Å². The zero-order valence-electron chi connectivity index (χ0n) is 12.2. The second-order valence-corrected chi connectivity index (χ2v) is 5.17. The van der Waals surface area contributed by atoms with Crippen LogP contribution in [0.25, 0.3) is 0 Å². The van der Waals surface area contributed by atoms with Crippen LogP contribution in [-0.4, -0.2) is 23.1 Å². The van der Waals surface area contributed by atoms with Crippen molar-refractivity contribution in [1.82, 2.24) is 10.6 Å². The summed E-state index contributed by atoms with van der Waals surface area (Å²) in [6.45, 7) is 0.0727. The van der Waals surface area contributed by atoms with Gasteiger partial charge in [0.1, 0.15) is 5.82 Å². The fraction of sp³-hybridized carbons (Fsp3) is 0.286. The Morgan fingerprint density at radius 2 is 2.04 bits per heavy atom. The van der Waals surface area contributed by atoms with E-state index in [1.807, 2.05) is 0 Å². The van der Waals surface area contributed by atoms with E-state index in [1.54, 1.807) is 7.05 Å². The largest absolute Gasteiger partial charge is 0.431 e. The average molecular weight is 321 g/mol. The number of carbonyl (C=O) groups is 2. The van der Waals surface area contributed by atoms with Crippen LogP contribution >= 0.6 is 0 Å². The van der Waals surface area contributed by atoms with Gasteiger partial charge in [-0.2, -0.15) is 0 Å². The molecular formula is C14H14FN4O4+. The summed E-state index contributed by atoms with van der Waals surface area (Å²) in [6.07, 6.45) is -0.0321. The molecule has 2 N–H and O–H groups in total. The van der Waals surface area contributed by atoms with Gasteiger partial charge in [0.05, 0.1) is 24.7 Å². The van der Waals surface area contributed by atoms with Crippen molar-refractivity contribution in [1.29, 1.82) is 0 Å². The summed E-state index contributed by atoms with van der Waals surface area (Å²) in [5, 5.41) is 5.23. The van der Waals surface area contributed by atoms with E-state index < -0.39 is 23.4 Å². The number of benzene rings is 1. The standard InChI is InChI=1S/C14H13FN4O4/c1-18-11(14(22)23-17-18)7-16-10-6-12(20)19(13(10)21)9-4-2-8(15)3-5-9/h2-5,10,16H,6-7H2,1H3/p+1. The van der Waals surface area contributed by atoms with Crippen LogP contribution in [0.3, 0.4) is 0 Å². The van der Waals surface area contributed by atoms with E-state index in [4.69, 9.17) is 0 Å². The van der Waals surface area contributed by atoms with Crippen molar-refractivity contribution in [2.45, 2.75) is 19.0 Å². The number of H-pyrrole nitrogens is 1. The summed E-state index contributed by atoms with van der Waals surface area (Å²) in [6, 6.07) is 4.35. The van der Waals surface area contributed by atoms with Gasteiger partial charge in [-0.05, 0) is 29.5 Å². The molecule has 1 aromatic heterocycles. The van der Waals surface area contributed by atoms with E-state index in [0.29, 0.717) is 11.4 Å². The van der Waals surface area contributed by atoms with E-state index in [2.05, 4.69) is 15.1 Å². The fourth-order valence-electron chi connectivity index (χ4n) is 2.42. The maximum absolute atomic E-state index is 13.0. The van der Waals surface area contributed by atoms with Crippen molar-refractivity contribution in [2.75, 3.05) is 4.90 Å². The van der Waals surface area contributed by atoms with Crippen LogP contribution in [-0.2, 0) is 23.2 Å². The molecule has 3 rings (SSSR count). The Morgan fingerprint density at radius 3 is 2.65 bits per heavy atom. The van der Waals surface area contributed by atoms with E-state index in [1.165, 1.54) is 28.9 Å². The number of aromatic amines is 1. The Bertz CT molecular complexity index is 811. The van der Waals surface area contributed by atoms with Crippen LogP contribution in [0.5, 0.6) is 0 Å². The number of anilines is 1. The Balaban J connectivity index is 1.74. The lowest BCUT2D eigenvalue weighted by molar-refractivity contribution is -0.746. The molecule has 0 aliphatic carbocycles. The summed E-state index contributed by atoms with van der Waals surface area (Å²) < 4.78 is 18.9. The SMILES string of the molecule is C[n+]1[nH]oc(=O)c1CNC1CC(=O)N(c2ccc(F)cc2)C1=O. The lowest BCUT2D eigenvalue weighted by atomic mass is 10.2. The number of rotatable bonds is 4. The van der Waals surface area contributed by atoms with E-state index in [9.17, 15) is 18.8 Å². The third kappa shape index (κ3) is 2.78. The third-order valence-electron chi connectivity index (χ3n) is 3.66. The number of aryl methyl sites for hydroxylation is 1. The van der Waals surface area contributed by atoms with Crippen LogP contribution < -0.4 is 20.5 Å². The minimum absolute atomic E-state index is 0.0321. The number of nitrogens with one attached hydrogen (secondary N) is 2. The molecule has 0 saturated carbocycles. The van der Waals surface area contributed by atoms with Crippen LogP contribution in [0.1, 0.15) is 12.1 Å². The molecule has 1 fully saturated rings. The van der Waals surface area contributed by atoms with Crippen LogP contribution in [0.15, 0.2) is 33.6 Å². The van der Waals surface area contributed by atoms with Gasteiger partial charge in [0.2, 0.25) is 5.91 Å². The monoisotopic (exact) mass is 321 g/mol. The lowest BCUT2D eigenvalue weighted by Gasteiger charge is -2.15. The molecule has 8 nitrogen and oxygen atoms in total. The molecule has 0 radical (unpaired) electrons. The topological polar surface area (TPSA) is 99.3 Å². The number of carbonyl (C=O) groups excluding carboxylic acids is 2. The molecule has 120 valence electrons. The van der Waals surface area contributed by atoms with Gasteiger partial charge in [-0.1, -0.05) is 4.68 Å². The molecule has 0 bridgehead atoms. The Labute approximate surface area is 129 Å². The quantitative estimate of drug-likeness (QED) is 0.576. The van der Waals surface area contributed by atoms with E-state index in [-0.39, 0.29) is 18.9 Å². The van der Waals surface area contributed by atoms with E-state index >= 15 is 0 Å². The number of hydrogen-bond donors (Lipinski definition) is 2. The molecule has 1 unspecified atom stereocenters. The van der Waals surface area contributed by atoms with Gasteiger partial charge in [-0.3, -0.25) is 19.4 Å². The molecule has 23 heavy (non-hydrogen) atoms. The molecule has 2 amide bonds. The highest BCUT2D eigenvalue weighted by atomic mass is 19.1. The van der Waals surface area contributed by atoms with Crippen LogP contribution in [0.2, 0.25) is 0 Å². The normalized spacial score (nSPS) is 18.0. The molecule has 1 aliphatic heterocycles. The van der Waals surface area contributed by atoms with Crippen LogP contribution in [0, 0.1) is 5.82 Å². The molecule has 1 aliphatic rings. The first-order valence-corrected chi connectivity index (χ1v) is 6.89. The number of imide groups is 1. The molecule has 2 heterocycles. The minimum atomic E-state index is -0.748. The highest BCUT2D eigenvalue weighted by molar-refractivity contribution is 6.22. The Kier molecular flexibility index (Phi) is 3.78. The Hall–Kier alpha value is -2.81. The smallest absolute Gasteiger partial charge is 0.296 e. The predicted octanol–water partition coefficient (Wildman–Crippen LogP) is -0.647. The summed E-state index contributed by atoms with van der Waals surface area (Å²) in [7, 11) is 1.59. The van der Waals surface area contributed by atoms with Crippen molar-refractivity contribution in [2.24, 2.45) is 7.05 Å². The van der Waals surface area contributed by atoms with Crippen molar-refractivity contribution >= 4 is 17.5 Å². The molecule has 0 spiro atoms. The molecule has 9 heteroatoms. The molecule has 1 saturated heterocycles. The summed E-state index contributed by atoms with van der Waals surface area (Å²) >= 11 is 0. The van der Waals surface area contributed by atoms with Crippen molar-refractivity contribution in [3.63, 3.8) is 0 Å².